The molecule has 1 aromatic rings. The van der Waals surface area contributed by atoms with E-state index >= 15 is 0 Å². The maximum Gasteiger partial charge on any atom is 0.211 e. The standard InChI is InChI=1S/C9H10BrNO2/c1-2-13-9-5-7(11-6-12)3-4-8(9)10/h3-6H,2H2,1H3,(H,11,12). The maximum absolute atomic E-state index is 10.2. The third-order valence-corrected chi connectivity index (χ3v) is 2.11. The van der Waals surface area contributed by atoms with Gasteiger partial charge in [0.1, 0.15) is 5.75 Å². The van der Waals surface area contributed by atoms with Gasteiger partial charge in [0.2, 0.25) is 6.41 Å². The monoisotopic (exact) mass is 243 g/mol. The minimum Gasteiger partial charge on any atom is -0.493 e. The predicted molar refractivity (Wildman–Crippen MR) is 55.0 cm³/mol. The number of rotatable bonds is 4. The SMILES string of the molecule is CCOc1cc(NC=O)ccc1Br. The number of nitrogens with one attached hydrogen (secondary N) is 1. The van der Waals surface area contributed by atoms with E-state index in [0.29, 0.717) is 13.0 Å². The van der Waals surface area contributed by atoms with E-state index in [9.17, 15) is 4.79 Å². The third-order valence-electron chi connectivity index (χ3n) is 1.46. The van der Waals surface area contributed by atoms with Crippen LogP contribution in [0.15, 0.2) is 22.7 Å². The average Bonchev–Trinajstić information content (AvgIpc) is 2.12. The Morgan fingerprint density at radius 2 is 2.38 bits per heavy atom. The van der Waals surface area contributed by atoms with Crippen molar-refractivity contribution in [1.82, 2.24) is 0 Å². The Balaban J connectivity index is 2.89. The highest BCUT2D eigenvalue weighted by molar-refractivity contribution is 9.10. The molecular weight excluding hydrogens is 234 g/mol. The van der Waals surface area contributed by atoms with E-state index < -0.39 is 0 Å². The zero-order valence-corrected chi connectivity index (χ0v) is 8.80. The van der Waals surface area contributed by atoms with Gasteiger partial charge >= 0.3 is 0 Å². The largest absolute Gasteiger partial charge is 0.493 e. The molecule has 70 valence electrons. The van der Waals surface area contributed by atoms with Crippen molar-refractivity contribution in [3.05, 3.63) is 22.7 Å². The van der Waals surface area contributed by atoms with Crippen LogP contribution in [-0.4, -0.2) is 13.0 Å². The van der Waals surface area contributed by atoms with Gasteiger partial charge in [-0.05, 0) is 35.0 Å². The van der Waals surface area contributed by atoms with Crippen LogP contribution in [0, 0.1) is 0 Å². The Bertz CT molecular complexity index is 302. The maximum atomic E-state index is 10.2. The lowest BCUT2D eigenvalue weighted by Crippen LogP contribution is -1.96. The van der Waals surface area contributed by atoms with Gasteiger partial charge in [0, 0.05) is 11.8 Å². The number of hydrogen-bond acceptors (Lipinski definition) is 2. The highest BCUT2D eigenvalue weighted by Crippen LogP contribution is 2.27. The molecule has 0 heterocycles. The quantitative estimate of drug-likeness (QED) is 0.826. The average molecular weight is 244 g/mol. The number of benzene rings is 1. The highest BCUT2D eigenvalue weighted by Gasteiger charge is 2.00. The first-order valence-corrected chi connectivity index (χ1v) is 4.69. The molecule has 4 heteroatoms. The van der Waals surface area contributed by atoms with E-state index in [4.69, 9.17) is 4.74 Å². The fourth-order valence-electron chi connectivity index (χ4n) is 0.927. The molecule has 0 saturated heterocycles. The van der Waals surface area contributed by atoms with Crippen LogP contribution in [0.25, 0.3) is 0 Å². The summed E-state index contributed by atoms with van der Waals surface area (Å²) in [6, 6.07) is 5.39. The predicted octanol–water partition coefficient (Wildman–Crippen LogP) is 2.42. The van der Waals surface area contributed by atoms with Crippen LogP contribution >= 0.6 is 15.9 Å². The number of carbonyl (C=O) groups excluding carboxylic acids is 1. The second-order valence-electron chi connectivity index (χ2n) is 2.34. The first-order chi connectivity index (χ1) is 6.27. The van der Waals surface area contributed by atoms with Crippen molar-refractivity contribution >= 4 is 28.0 Å². The summed E-state index contributed by atoms with van der Waals surface area (Å²) < 4.78 is 6.20. The van der Waals surface area contributed by atoms with Crippen molar-refractivity contribution in [2.45, 2.75) is 6.92 Å². The zero-order valence-electron chi connectivity index (χ0n) is 7.21. The molecule has 0 bridgehead atoms. The molecule has 0 unspecified atom stereocenters. The molecule has 0 radical (unpaired) electrons. The topological polar surface area (TPSA) is 38.3 Å². The summed E-state index contributed by atoms with van der Waals surface area (Å²) in [7, 11) is 0. The smallest absolute Gasteiger partial charge is 0.211 e. The van der Waals surface area contributed by atoms with Crippen LogP contribution in [-0.2, 0) is 4.79 Å². The van der Waals surface area contributed by atoms with E-state index in [2.05, 4.69) is 21.2 Å². The zero-order chi connectivity index (χ0) is 9.68. The van der Waals surface area contributed by atoms with E-state index in [-0.39, 0.29) is 0 Å². The van der Waals surface area contributed by atoms with Gasteiger partial charge in [-0.15, -0.1) is 0 Å². The summed E-state index contributed by atoms with van der Waals surface area (Å²) in [6.07, 6.45) is 0.638. The van der Waals surface area contributed by atoms with Gasteiger partial charge in [0.05, 0.1) is 11.1 Å². The van der Waals surface area contributed by atoms with Crippen molar-refractivity contribution in [2.24, 2.45) is 0 Å². The van der Waals surface area contributed by atoms with Gasteiger partial charge in [-0.25, -0.2) is 0 Å². The lowest BCUT2D eigenvalue weighted by atomic mass is 10.3. The normalized spacial score (nSPS) is 9.38. The molecule has 1 N–H and O–H groups in total. The molecular formula is C9H10BrNO2. The van der Waals surface area contributed by atoms with E-state index in [1.165, 1.54) is 0 Å². The molecule has 0 atom stereocenters. The first kappa shape index (κ1) is 10.1. The summed E-state index contributed by atoms with van der Waals surface area (Å²) in [6.45, 7) is 2.51. The molecule has 0 aliphatic rings. The fraction of sp³-hybridized carbons (Fsp3) is 0.222. The van der Waals surface area contributed by atoms with Crippen molar-refractivity contribution in [2.75, 3.05) is 11.9 Å². The van der Waals surface area contributed by atoms with Gasteiger partial charge in [0.25, 0.3) is 0 Å². The van der Waals surface area contributed by atoms with Crippen molar-refractivity contribution < 1.29 is 9.53 Å². The van der Waals surface area contributed by atoms with E-state index in [1.807, 2.05) is 13.0 Å². The third kappa shape index (κ3) is 2.73. The lowest BCUT2D eigenvalue weighted by Gasteiger charge is -2.07. The second-order valence-corrected chi connectivity index (χ2v) is 3.19. The molecule has 0 saturated carbocycles. The Morgan fingerprint density at radius 3 is 3.00 bits per heavy atom. The minimum absolute atomic E-state index is 0.600. The number of ether oxygens (including phenoxy) is 1. The fourth-order valence-corrected chi connectivity index (χ4v) is 1.29. The molecule has 13 heavy (non-hydrogen) atoms. The summed E-state index contributed by atoms with van der Waals surface area (Å²) >= 11 is 3.34. The number of hydrogen-bond donors (Lipinski definition) is 1. The molecule has 1 rings (SSSR count). The van der Waals surface area contributed by atoms with Gasteiger partial charge < -0.3 is 10.1 Å². The van der Waals surface area contributed by atoms with Crippen molar-refractivity contribution in [3.63, 3.8) is 0 Å². The molecule has 0 spiro atoms. The summed E-state index contributed by atoms with van der Waals surface area (Å²) in [4.78, 5) is 10.2. The van der Waals surface area contributed by atoms with Crippen LogP contribution in [0.5, 0.6) is 5.75 Å². The van der Waals surface area contributed by atoms with Crippen molar-refractivity contribution in [1.29, 1.82) is 0 Å². The molecule has 0 fully saturated rings. The van der Waals surface area contributed by atoms with Crippen LogP contribution in [0.3, 0.4) is 0 Å². The molecule has 0 aliphatic carbocycles. The molecule has 0 aromatic heterocycles. The number of halogens is 1. The Labute approximate surface area is 85.2 Å². The first-order valence-electron chi connectivity index (χ1n) is 3.90. The Morgan fingerprint density at radius 1 is 1.62 bits per heavy atom. The van der Waals surface area contributed by atoms with Gasteiger partial charge in [-0.3, -0.25) is 4.79 Å². The van der Waals surface area contributed by atoms with Crippen LogP contribution in [0.4, 0.5) is 5.69 Å². The molecule has 1 amide bonds. The van der Waals surface area contributed by atoms with Gasteiger partial charge in [-0.2, -0.15) is 0 Å². The van der Waals surface area contributed by atoms with Gasteiger partial charge in [0.15, 0.2) is 0 Å². The van der Waals surface area contributed by atoms with Crippen LogP contribution < -0.4 is 10.1 Å². The number of anilines is 1. The minimum atomic E-state index is 0.600. The number of carbonyl (C=O) groups is 1. The second kappa shape index (κ2) is 4.87. The van der Waals surface area contributed by atoms with Crippen molar-refractivity contribution in [3.8, 4) is 5.75 Å². The summed E-state index contributed by atoms with van der Waals surface area (Å²) in [5.41, 5.74) is 0.724. The lowest BCUT2D eigenvalue weighted by molar-refractivity contribution is -0.105. The molecule has 0 aliphatic heterocycles. The van der Waals surface area contributed by atoms with Crippen LogP contribution in [0.1, 0.15) is 6.92 Å². The number of amides is 1. The van der Waals surface area contributed by atoms with Crippen LogP contribution in [0.2, 0.25) is 0 Å². The summed E-state index contributed by atoms with van der Waals surface area (Å²) in [5.74, 6) is 0.731. The van der Waals surface area contributed by atoms with E-state index in [0.717, 1.165) is 15.9 Å². The van der Waals surface area contributed by atoms with Gasteiger partial charge in [-0.1, -0.05) is 0 Å². The van der Waals surface area contributed by atoms with E-state index in [1.54, 1.807) is 12.1 Å². The Hall–Kier alpha value is -1.03. The summed E-state index contributed by atoms with van der Waals surface area (Å²) in [5, 5.41) is 2.55. The highest BCUT2D eigenvalue weighted by atomic mass is 79.9. The molecule has 1 aromatic carbocycles. The Kier molecular flexibility index (Phi) is 3.76. The molecule has 3 nitrogen and oxygen atoms in total.